The molecule has 0 fully saturated rings. The lowest BCUT2D eigenvalue weighted by Crippen LogP contribution is -2.22. The number of hydrogen-bond donors (Lipinski definition) is 1. The average molecular weight is 240 g/mol. The molecule has 1 aliphatic heterocycles. The predicted molar refractivity (Wildman–Crippen MR) is 67.2 cm³/mol. The van der Waals surface area contributed by atoms with Gasteiger partial charge in [0.15, 0.2) is 0 Å². The number of fused-ring (bicyclic) bond motifs is 1. The quantitative estimate of drug-likeness (QED) is 0.814. The molecule has 0 bridgehead atoms. The van der Waals surface area contributed by atoms with Gasteiger partial charge in [-0.3, -0.25) is 0 Å². The second-order valence-electron chi connectivity index (χ2n) is 4.36. The number of hydrogen-bond acceptors (Lipinski definition) is 2. The highest BCUT2D eigenvalue weighted by molar-refractivity contribution is 6.31. The fourth-order valence-electron chi connectivity index (χ4n) is 2.44. The molecule has 2 nitrogen and oxygen atoms in total. The summed E-state index contributed by atoms with van der Waals surface area (Å²) in [6.07, 6.45) is 0.983. The molecule has 1 heterocycles. The monoisotopic (exact) mass is 239 g/mol. The normalized spacial score (nSPS) is 20.4. The van der Waals surface area contributed by atoms with Gasteiger partial charge in [-0.25, -0.2) is 0 Å². The van der Waals surface area contributed by atoms with Gasteiger partial charge in [0.05, 0.1) is 19.3 Å². The number of ether oxygens (including phenoxy) is 1. The summed E-state index contributed by atoms with van der Waals surface area (Å²) in [7, 11) is 1.97. The molecule has 88 valence electrons. The van der Waals surface area contributed by atoms with Crippen LogP contribution in [0.3, 0.4) is 0 Å². The Kier molecular flexibility index (Phi) is 3.53. The van der Waals surface area contributed by atoms with E-state index in [9.17, 15) is 0 Å². The molecule has 2 rings (SSSR count). The van der Waals surface area contributed by atoms with Crippen molar-refractivity contribution in [1.82, 2.24) is 5.32 Å². The van der Waals surface area contributed by atoms with Crippen LogP contribution in [0.1, 0.15) is 28.3 Å². The van der Waals surface area contributed by atoms with Crippen molar-refractivity contribution in [1.29, 1.82) is 0 Å². The zero-order valence-corrected chi connectivity index (χ0v) is 10.8. The highest BCUT2D eigenvalue weighted by Gasteiger charge is 2.22. The smallest absolute Gasteiger partial charge is 0.0661 e. The van der Waals surface area contributed by atoms with E-state index >= 15 is 0 Å². The maximum Gasteiger partial charge on any atom is 0.0661 e. The van der Waals surface area contributed by atoms with E-state index in [1.54, 1.807) is 0 Å². The Balaban J connectivity index is 2.61. The summed E-state index contributed by atoms with van der Waals surface area (Å²) in [5.74, 6) is 0. The number of halogens is 1. The SMILES string of the molecule is CNC1COCCc2c(C)cc(Cl)c(C)c21. The van der Waals surface area contributed by atoms with Gasteiger partial charge >= 0.3 is 0 Å². The molecule has 16 heavy (non-hydrogen) atoms. The van der Waals surface area contributed by atoms with Gasteiger partial charge in [-0.2, -0.15) is 0 Å². The first-order valence-corrected chi connectivity index (χ1v) is 6.06. The largest absolute Gasteiger partial charge is 0.379 e. The summed E-state index contributed by atoms with van der Waals surface area (Å²) in [4.78, 5) is 0. The van der Waals surface area contributed by atoms with Crippen LogP contribution in [0.25, 0.3) is 0 Å². The predicted octanol–water partition coefficient (Wildman–Crippen LogP) is 2.79. The Labute approximate surface area is 102 Å². The van der Waals surface area contributed by atoms with Crippen LogP contribution in [0.15, 0.2) is 6.07 Å². The van der Waals surface area contributed by atoms with E-state index in [-0.39, 0.29) is 6.04 Å². The Bertz CT molecular complexity index is 403. The van der Waals surface area contributed by atoms with Crippen molar-refractivity contribution < 1.29 is 4.74 Å². The van der Waals surface area contributed by atoms with Crippen molar-refractivity contribution in [2.24, 2.45) is 0 Å². The lowest BCUT2D eigenvalue weighted by Gasteiger charge is -2.21. The molecule has 0 saturated carbocycles. The Morgan fingerprint density at radius 3 is 2.88 bits per heavy atom. The highest BCUT2D eigenvalue weighted by Crippen LogP contribution is 2.32. The van der Waals surface area contributed by atoms with Crippen LogP contribution in [-0.2, 0) is 11.2 Å². The number of rotatable bonds is 1. The summed E-state index contributed by atoms with van der Waals surface area (Å²) in [5.41, 5.74) is 5.20. The molecule has 1 aliphatic rings. The minimum Gasteiger partial charge on any atom is -0.379 e. The molecule has 1 aromatic carbocycles. The van der Waals surface area contributed by atoms with Crippen LogP contribution in [0.2, 0.25) is 5.02 Å². The first-order valence-electron chi connectivity index (χ1n) is 5.68. The van der Waals surface area contributed by atoms with Gasteiger partial charge in [0.1, 0.15) is 0 Å². The van der Waals surface area contributed by atoms with Crippen molar-refractivity contribution in [3.63, 3.8) is 0 Å². The van der Waals surface area contributed by atoms with E-state index in [1.165, 1.54) is 22.3 Å². The van der Waals surface area contributed by atoms with E-state index < -0.39 is 0 Å². The molecule has 0 saturated heterocycles. The van der Waals surface area contributed by atoms with Crippen LogP contribution in [0.4, 0.5) is 0 Å². The lowest BCUT2D eigenvalue weighted by molar-refractivity contribution is 0.123. The van der Waals surface area contributed by atoms with E-state index in [2.05, 4.69) is 25.2 Å². The molecule has 1 N–H and O–H groups in total. The number of benzene rings is 1. The van der Waals surface area contributed by atoms with E-state index in [0.29, 0.717) is 0 Å². The molecule has 0 amide bonds. The van der Waals surface area contributed by atoms with Gasteiger partial charge in [0.2, 0.25) is 0 Å². The molecular formula is C13H18ClNO. The third-order valence-corrected chi connectivity index (χ3v) is 3.78. The standard InChI is InChI=1S/C13H18ClNO/c1-8-6-11(14)9(2)13-10(8)4-5-16-7-12(13)15-3/h6,12,15H,4-5,7H2,1-3H3. The van der Waals surface area contributed by atoms with Gasteiger partial charge in [-0.15, -0.1) is 0 Å². The Hall–Kier alpha value is -0.570. The van der Waals surface area contributed by atoms with Crippen molar-refractivity contribution in [3.05, 3.63) is 33.3 Å². The zero-order valence-electron chi connectivity index (χ0n) is 10.1. The molecule has 0 radical (unpaired) electrons. The Morgan fingerprint density at radius 2 is 2.19 bits per heavy atom. The van der Waals surface area contributed by atoms with Gasteiger partial charge in [0, 0.05) is 5.02 Å². The zero-order chi connectivity index (χ0) is 11.7. The minimum atomic E-state index is 0.259. The summed E-state index contributed by atoms with van der Waals surface area (Å²) < 4.78 is 5.62. The van der Waals surface area contributed by atoms with E-state index in [0.717, 1.165) is 24.7 Å². The second-order valence-corrected chi connectivity index (χ2v) is 4.77. The minimum absolute atomic E-state index is 0.259. The lowest BCUT2D eigenvalue weighted by atomic mass is 9.91. The topological polar surface area (TPSA) is 21.3 Å². The molecular weight excluding hydrogens is 222 g/mol. The molecule has 1 unspecified atom stereocenters. The van der Waals surface area contributed by atoms with Gasteiger partial charge < -0.3 is 10.1 Å². The van der Waals surface area contributed by atoms with Crippen LogP contribution >= 0.6 is 11.6 Å². The van der Waals surface area contributed by atoms with Crippen molar-refractivity contribution in [2.45, 2.75) is 26.3 Å². The van der Waals surface area contributed by atoms with Crippen molar-refractivity contribution >= 4 is 11.6 Å². The third kappa shape index (κ3) is 1.97. The van der Waals surface area contributed by atoms with Gasteiger partial charge in [0.25, 0.3) is 0 Å². The molecule has 0 aliphatic carbocycles. The Morgan fingerprint density at radius 1 is 1.44 bits per heavy atom. The molecule has 1 atom stereocenters. The van der Waals surface area contributed by atoms with Gasteiger partial charge in [-0.05, 0) is 55.6 Å². The van der Waals surface area contributed by atoms with E-state index in [1.807, 2.05) is 7.05 Å². The first-order chi connectivity index (χ1) is 7.65. The summed E-state index contributed by atoms with van der Waals surface area (Å²) >= 11 is 6.26. The van der Waals surface area contributed by atoms with Crippen LogP contribution < -0.4 is 5.32 Å². The third-order valence-electron chi connectivity index (χ3n) is 3.38. The summed E-state index contributed by atoms with van der Waals surface area (Å²) in [5, 5.41) is 4.17. The molecule has 3 heteroatoms. The van der Waals surface area contributed by atoms with Crippen molar-refractivity contribution in [3.8, 4) is 0 Å². The number of likely N-dealkylation sites (N-methyl/N-ethyl adjacent to an activating group) is 1. The van der Waals surface area contributed by atoms with Gasteiger partial charge in [-0.1, -0.05) is 11.6 Å². The van der Waals surface area contributed by atoms with Crippen LogP contribution in [0.5, 0.6) is 0 Å². The fraction of sp³-hybridized carbons (Fsp3) is 0.538. The summed E-state index contributed by atoms with van der Waals surface area (Å²) in [6.45, 7) is 5.75. The number of aryl methyl sites for hydroxylation is 1. The van der Waals surface area contributed by atoms with Crippen molar-refractivity contribution in [2.75, 3.05) is 20.3 Å². The molecule has 1 aromatic rings. The highest BCUT2D eigenvalue weighted by atomic mass is 35.5. The fourth-order valence-corrected chi connectivity index (χ4v) is 2.71. The molecule has 0 spiro atoms. The molecule has 0 aromatic heterocycles. The number of nitrogens with one attached hydrogen (secondary N) is 1. The summed E-state index contributed by atoms with van der Waals surface area (Å²) in [6, 6.07) is 2.32. The maximum absolute atomic E-state index is 6.26. The average Bonchev–Trinajstić information content (AvgIpc) is 2.48. The van der Waals surface area contributed by atoms with Crippen LogP contribution in [0, 0.1) is 13.8 Å². The van der Waals surface area contributed by atoms with Crippen LogP contribution in [-0.4, -0.2) is 20.3 Å². The second kappa shape index (κ2) is 4.74. The first kappa shape index (κ1) is 11.9. The van der Waals surface area contributed by atoms with E-state index in [4.69, 9.17) is 16.3 Å². The maximum atomic E-state index is 6.26.